The first-order valence-electron chi connectivity index (χ1n) is 10.3. The molecular weight excluding hydrogens is 438 g/mol. The molecule has 33 heavy (non-hydrogen) atoms. The van der Waals surface area contributed by atoms with Crippen LogP contribution in [0.2, 0.25) is 0 Å². The van der Waals surface area contributed by atoms with Crippen LogP contribution in [0.4, 0.5) is 9.59 Å². The highest BCUT2D eigenvalue weighted by Gasteiger charge is 2.37. The maximum atomic E-state index is 12.0. The number of hydrogen-bond acceptors (Lipinski definition) is 10. The highest BCUT2D eigenvalue weighted by Crippen LogP contribution is 2.31. The number of esters is 1. The van der Waals surface area contributed by atoms with Crippen LogP contribution in [-0.2, 0) is 30.2 Å². The Labute approximate surface area is 192 Å². The van der Waals surface area contributed by atoms with Crippen molar-refractivity contribution in [1.29, 1.82) is 0 Å². The van der Waals surface area contributed by atoms with E-state index in [1.165, 1.54) is 18.2 Å². The number of hydrogen-bond donors (Lipinski definition) is 2. The molecule has 0 spiro atoms. The number of carbonyl (C=O) groups excluding carboxylic acids is 3. The molecule has 2 unspecified atom stereocenters. The number of carbonyl (C=O) groups is 4. The van der Waals surface area contributed by atoms with Gasteiger partial charge in [0.1, 0.15) is 11.6 Å². The molecule has 0 heterocycles. The average Bonchev–Trinajstić information content (AvgIpc) is 2.74. The third-order valence-electron chi connectivity index (χ3n) is 4.87. The maximum absolute atomic E-state index is 12.0. The zero-order chi connectivity index (χ0) is 25.2. The van der Waals surface area contributed by atoms with E-state index < -0.39 is 35.9 Å². The van der Waals surface area contributed by atoms with E-state index in [1.54, 1.807) is 6.92 Å². The van der Waals surface area contributed by atoms with Crippen LogP contribution in [0, 0.1) is 5.92 Å². The first-order chi connectivity index (χ1) is 15.4. The third kappa shape index (κ3) is 8.97. The second kappa shape index (κ2) is 12.6. The molecule has 0 aromatic heterocycles. The van der Waals surface area contributed by atoms with E-state index >= 15 is 0 Å². The third-order valence-corrected chi connectivity index (χ3v) is 4.87. The van der Waals surface area contributed by atoms with Gasteiger partial charge in [-0.2, -0.15) is 0 Å². The topological polar surface area (TPSA) is 161 Å². The summed E-state index contributed by atoms with van der Waals surface area (Å²) in [6.07, 6.45) is -2.22. The lowest BCUT2D eigenvalue weighted by Crippen LogP contribution is -2.52. The van der Waals surface area contributed by atoms with Crippen LogP contribution in [0.15, 0.2) is 18.2 Å². The molecule has 184 valence electrons. The second-order valence-electron chi connectivity index (χ2n) is 7.75. The van der Waals surface area contributed by atoms with Crippen molar-refractivity contribution in [2.45, 2.75) is 58.1 Å². The second-order valence-corrected chi connectivity index (χ2v) is 7.75. The summed E-state index contributed by atoms with van der Waals surface area (Å²) in [6, 6.07) is 4.04. The fourth-order valence-electron chi connectivity index (χ4n) is 2.94. The van der Waals surface area contributed by atoms with Crippen LogP contribution < -0.4 is 15.2 Å². The molecule has 0 amide bonds. The Morgan fingerprint density at radius 1 is 1.03 bits per heavy atom. The summed E-state index contributed by atoms with van der Waals surface area (Å²) in [5.74, 6) is -1.95. The molecule has 0 saturated heterocycles. The first kappa shape index (κ1) is 27.7. The Morgan fingerprint density at radius 2 is 1.61 bits per heavy atom. The predicted molar refractivity (Wildman–Crippen MR) is 115 cm³/mol. The number of benzene rings is 1. The van der Waals surface area contributed by atoms with Gasteiger partial charge in [-0.05, 0) is 30.5 Å². The number of aliphatic carboxylic acids is 1. The Morgan fingerprint density at radius 3 is 2.12 bits per heavy atom. The Hall–Kier alpha value is -3.34. The smallest absolute Gasteiger partial charge is 0.480 e. The van der Waals surface area contributed by atoms with Gasteiger partial charge in [-0.3, -0.25) is 9.59 Å². The van der Waals surface area contributed by atoms with Crippen molar-refractivity contribution in [3.05, 3.63) is 23.8 Å². The van der Waals surface area contributed by atoms with Gasteiger partial charge in [-0.1, -0.05) is 26.3 Å². The minimum absolute atomic E-state index is 0.144. The van der Waals surface area contributed by atoms with Gasteiger partial charge >= 0.3 is 24.2 Å². The highest BCUT2D eigenvalue weighted by molar-refractivity contribution is 5.79. The number of rotatable bonds is 11. The van der Waals surface area contributed by atoms with Crippen molar-refractivity contribution in [2.75, 3.05) is 14.2 Å². The lowest BCUT2D eigenvalue weighted by Gasteiger charge is -2.28. The van der Waals surface area contributed by atoms with Crippen molar-refractivity contribution in [2.24, 2.45) is 11.7 Å². The quantitative estimate of drug-likeness (QED) is 0.278. The summed E-state index contributed by atoms with van der Waals surface area (Å²) < 4.78 is 24.1. The molecule has 1 rings (SSSR count). The van der Waals surface area contributed by atoms with Crippen molar-refractivity contribution < 1.29 is 48.0 Å². The van der Waals surface area contributed by atoms with Gasteiger partial charge in [0.25, 0.3) is 0 Å². The molecular formula is C22H31NO10. The number of carboxylic acid groups (broad SMARTS) is 1. The Bertz CT molecular complexity index is 856. The molecule has 11 heteroatoms. The standard InChI is InChI=1S/C22H31NO10/c1-6-13(2)9-18(24)31-14(3)11-22(23,19(25)26)12-15-7-8-16(32-20(27)29-4)17(10-15)33-21(28)30-5/h7-8,10,13-14H,6,9,11-12,23H2,1-5H3,(H,25,26)/t13?,14-,22?/m0/s1. The molecule has 0 saturated carbocycles. The van der Waals surface area contributed by atoms with E-state index in [1.807, 2.05) is 13.8 Å². The molecule has 0 aliphatic rings. The van der Waals surface area contributed by atoms with Gasteiger partial charge in [0.15, 0.2) is 11.5 Å². The fraction of sp³-hybridized carbons (Fsp3) is 0.545. The fourth-order valence-corrected chi connectivity index (χ4v) is 2.94. The molecule has 0 aliphatic heterocycles. The molecule has 0 radical (unpaired) electrons. The van der Waals surface area contributed by atoms with E-state index in [-0.39, 0.29) is 36.7 Å². The monoisotopic (exact) mass is 469 g/mol. The van der Waals surface area contributed by atoms with Gasteiger partial charge in [-0.25, -0.2) is 9.59 Å². The maximum Gasteiger partial charge on any atom is 0.513 e. The minimum atomic E-state index is -1.80. The van der Waals surface area contributed by atoms with Crippen LogP contribution in [0.5, 0.6) is 11.5 Å². The number of carboxylic acids is 1. The summed E-state index contributed by atoms with van der Waals surface area (Å²) >= 11 is 0. The van der Waals surface area contributed by atoms with E-state index in [0.29, 0.717) is 5.56 Å². The summed E-state index contributed by atoms with van der Waals surface area (Å²) in [5, 5.41) is 9.76. The molecule has 0 aliphatic carbocycles. The molecule has 11 nitrogen and oxygen atoms in total. The molecule has 3 N–H and O–H groups in total. The highest BCUT2D eigenvalue weighted by atomic mass is 16.7. The van der Waals surface area contributed by atoms with Crippen molar-refractivity contribution in [3.63, 3.8) is 0 Å². The zero-order valence-corrected chi connectivity index (χ0v) is 19.4. The number of nitrogens with two attached hydrogens (primary N) is 1. The van der Waals surface area contributed by atoms with Gasteiger partial charge in [0.05, 0.1) is 14.2 Å². The van der Waals surface area contributed by atoms with Gasteiger partial charge in [0, 0.05) is 19.3 Å². The summed E-state index contributed by atoms with van der Waals surface area (Å²) in [7, 11) is 2.19. The van der Waals surface area contributed by atoms with E-state index in [4.69, 9.17) is 19.9 Å². The number of methoxy groups -OCH3 is 2. The summed E-state index contributed by atoms with van der Waals surface area (Å²) in [4.78, 5) is 47.0. The normalized spacial score (nSPS) is 14.2. The summed E-state index contributed by atoms with van der Waals surface area (Å²) in [6.45, 7) is 5.44. The van der Waals surface area contributed by atoms with Crippen LogP contribution in [0.1, 0.15) is 45.6 Å². The van der Waals surface area contributed by atoms with Crippen LogP contribution >= 0.6 is 0 Å². The summed E-state index contributed by atoms with van der Waals surface area (Å²) in [5.41, 5.74) is 4.72. The minimum Gasteiger partial charge on any atom is -0.480 e. The predicted octanol–water partition coefficient (Wildman–Crippen LogP) is 3.06. The van der Waals surface area contributed by atoms with E-state index in [2.05, 4.69) is 9.47 Å². The SMILES string of the molecule is CCC(C)CC(=O)O[C@@H](C)CC(N)(Cc1ccc(OC(=O)OC)c(OC(=O)OC)c1)C(=O)O. The largest absolute Gasteiger partial charge is 0.513 e. The number of ether oxygens (including phenoxy) is 5. The van der Waals surface area contributed by atoms with Gasteiger partial charge < -0.3 is 34.5 Å². The lowest BCUT2D eigenvalue weighted by atomic mass is 9.86. The Balaban J connectivity index is 3.07. The van der Waals surface area contributed by atoms with Gasteiger partial charge in [-0.15, -0.1) is 0 Å². The molecule has 0 bridgehead atoms. The molecule has 3 atom stereocenters. The molecule has 0 fully saturated rings. The average molecular weight is 469 g/mol. The van der Waals surface area contributed by atoms with Crippen LogP contribution in [-0.4, -0.2) is 55.2 Å². The zero-order valence-electron chi connectivity index (χ0n) is 19.4. The van der Waals surface area contributed by atoms with Crippen molar-refractivity contribution in [3.8, 4) is 11.5 Å². The first-order valence-corrected chi connectivity index (χ1v) is 10.3. The Kier molecular flexibility index (Phi) is 10.6. The van der Waals surface area contributed by atoms with E-state index in [9.17, 15) is 24.3 Å². The van der Waals surface area contributed by atoms with Crippen molar-refractivity contribution >= 4 is 24.2 Å². The van der Waals surface area contributed by atoms with E-state index in [0.717, 1.165) is 20.6 Å². The lowest BCUT2D eigenvalue weighted by molar-refractivity contribution is -0.154. The van der Waals surface area contributed by atoms with Crippen LogP contribution in [0.25, 0.3) is 0 Å². The van der Waals surface area contributed by atoms with Crippen LogP contribution in [0.3, 0.4) is 0 Å². The van der Waals surface area contributed by atoms with Gasteiger partial charge in [0.2, 0.25) is 0 Å². The van der Waals surface area contributed by atoms with Crippen molar-refractivity contribution in [1.82, 2.24) is 0 Å². The molecule has 1 aromatic rings. The molecule has 1 aromatic carbocycles.